The van der Waals surface area contributed by atoms with Crippen molar-refractivity contribution in [2.45, 2.75) is 38.5 Å². The van der Waals surface area contributed by atoms with E-state index < -0.39 is 5.97 Å². The largest absolute Gasteiger partial charge is 0.495 e. The first-order chi connectivity index (χ1) is 8.63. The van der Waals surface area contributed by atoms with E-state index in [4.69, 9.17) is 21.4 Å². The molecule has 0 spiro atoms. The number of ether oxygens (including phenoxy) is 1. The number of hydrogen-bond donors (Lipinski definition) is 1. The number of rotatable bonds is 4. The van der Waals surface area contributed by atoms with E-state index in [1.54, 1.807) is 7.11 Å². The van der Waals surface area contributed by atoms with Gasteiger partial charge in [-0.15, -0.1) is 0 Å². The second kappa shape index (κ2) is 5.61. The number of halogens is 1. The van der Waals surface area contributed by atoms with Crippen molar-refractivity contribution in [3.63, 3.8) is 0 Å². The van der Waals surface area contributed by atoms with Crippen molar-refractivity contribution < 1.29 is 14.6 Å². The van der Waals surface area contributed by atoms with Crippen LogP contribution in [0, 0.1) is 0 Å². The average molecular weight is 269 g/mol. The Morgan fingerprint density at radius 2 is 2.17 bits per heavy atom. The zero-order chi connectivity index (χ0) is 13.1. The minimum atomic E-state index is -0.800. The molecule has 18 heavy (non-hydrogen) atoms. The van der Waals surface area contributed by atoms with Gasteiger partial charge in [-0.2, -0.15) is 0 Å². The molecule has 1 aliphatic carbocycles. The number of carbonyl (C=O) groups is 1. The lowest BCUT2D eigenvalue weighted by Gasteiger charge is -2.21. The van der Waals surface area contributed by atoms with Crippen LogP contribution in [0.1, 0.15) is 36.0 Å². The molecule has 0 saturated heterocycles. The lowest BCUT2D eigenvalue weighted by Crippen LogP contribution is -2.08. The minimum absolute atomic E-state index is 0.103. The predicted molar refractivity (Wildman–Crippen MR) is 70.6 cm³/mol. The molecule has 0 amide bonds. The van der Waals surface area contributed by atoms with Crippen LogP contribution in [-0.4, -0.2) is 18.2 Å². The maximum atomic E-state index is 10.7. The number of carboxylic acids is 1. The fourth-order valence-corrected chi connectivity index (χ4v) is 2.95. The minimum Gasteiger partial charge on any atom is -0.495 e. The average Bonchev–Trinajstić information content (AvgIpc) is 2.36. The number of fused-ring (bicyclic) bond motifs is 1. The molecular weight excluding hydrogens is 252 g/mol. The molecule has 4 heteroatoms. The molecule has 0 unspecified atom stereocenters. The molecule has 0 saturated carbocycles. The van der Waals surface area contributed by atoms with E-state index in [1.807, 2.05) is 0 Å². The van der Waals surface area contributed by atoms with E-state index in [0.717, 1.165) is 24.8 Å². The Morgan fingerprint density at radius 1 is 1.44 bits per heavy atom. The van der Waals surface area contributed by atoms with Crippen LogP contribution in [-0.2, 0) is 24.1 Å². The molecule has 0 aliphatic heterocycles. The molecule has 2 rings (SSSR count). The third-order valence-electron chi connectivity index (χ3n) is 3.43. The highest BCUT2D eigenvalue weighted by Crippen LogP contribution is 2.38. The Bertz CT molecular complexity index is 469. The SMILES string of the molecule is COc1c(CCC(=O)O)cc2c(c1Cl)CCCC2. The van der Waals surface area contributed by atoms with Crippen LogP contribution in [0.4, 0.5) is 0 Å². The number of benzene rings is 1. The van der Waals surface area contributed by atoms with Crippen LogP contribution < -0.4 is 4.74 Å². The third-order valence-corrected chi connectivity index (χ3v) is 3.83. The van der Waals surface area contributed by atoms with Gasteiger partial charge >= 0.3 is 5.97 Å². The van der Waals surface area contributed by atoms with Crippen LogP contribution >= 0.6 is 11.6 Å². The quantitative estimate of drug-likeness (QED) is 0.912. The highest BCUT2D eigenvalue weighted by atomic mass is 35.5. The highest BCUT2D eigenvalue weighted by Gasteiger charge is 2.19. The number of aliphatic carboxylic acids is 1. The number of aryl methyl sites for hydroxylation is 2. The smallest absolute Gasteiger partial charge is 0.303 e. The lowest BCUT2D eigenvalue weighted by molar-refractivity contribution is -0.136. The Balaban J connectivity index is 2.38. The van der Waals surface area contributed by atoms with Crippen molar-refractivity contribution in [3.05, 3.63) is 27.8 Å². The normalized spacial score (nSPS) is 14.1. The van der Waals surface area contributed by atoms with Crippen LogP contribution in [0.25, 0.3) is 0 Å². The molecular formula is C14H17ClO3. The van der Waals surface area contributed by atoms with E-state index in [9.17, 15) is 4.79 Å². The standard InChI is InChI=1S/C14H17ClO3/c1-18-14-10(6-7-12(16)17)8-9-4-2-3-5-11(9)13(14)15/h8H,2-7H2,1H3,(H,16,17). The zero-order valence-electron chi connectivity index (χ0n) is 10.5. The summed E-state index contributed by atoms with van der Waals surface area (Å²) >= 11 is 6.37. The first kappa shape index (κ1) is 13.2. The third kappa shape index (κ3) is 2.61. The Kier molecular flexibility index (Phi) is 4.12. The van der Waals surface area contributed by atoms with Crippen molar-refractivity contribution in [3.8, 4) is 5.75 Å². The van der Waals surface area contributed by atoms with E-state index in [-0.39, 0.29) is 6.42 Å². The van der Waals surface area contributed by atoms with Gasteiger partial charge in [0.05, 0.1) is 12.1 Å². The number of carboxylic acid groups (broad SMARTS) is 1. The van der Waals surface area contributed by atoms with Crippen molar-refractivity contribution in [2.24, 2.45) is 0 Å². The first-order valence-electron chi connectivity index (χ1n) is 6.22. The van der Waals surface area contributed by atoms with Gasteiger partial charge in [0.15, 0.2) is 0 Å². The van der Waals surface area contributed by atoms with Gasteiger partial charge in [-0.1, -0.05) is 17.7 Å². The zero-order valence-corrected chi connectivity index (χ0v) is 11.2. The van der Waals surface area contributed by atoms with Gasteiger partial charge in [-0.25, -0.2) is 0 Å². The number of methoxy groups -OCH3 is 1. The summed E-state index contributed by atoms with van der Waals surface area (Å²) < 4.78 is 5.35. The molecule has 3 nitrogen and oxygen atoms in total. The van der Waals surface area contributed by atoms with Gasteiger partial charge < -0.3 is 9.84 Å². The van der Waals surface area contributed by atoms with Crippen molar-refractivity contribution in [1.82, 2.24) is 0 Å². The van der Waals surface area contributed by atoms with E-state index in [0.29, 0.717) is 17.2 Å². The van der Waals surface area contributed by atoms with Gasteiger partial charge in [0.2, 0.25) is 0 Å². The van der Waals surface area contributed by atoms with Crippen molar-refractivity contribution in [2.75, 3.05) is 7.11 Å². The van der Waals surface area contributed by atoms with Crippen LogP contribution in [0.15, 0.2) is 6.07 Å². The summed E-state index contributed by atoms with van der Waals surface area (Å²) in [4.78, 5) is 10.7. The second-order valence-corrected chi connectivity index (χ2v) is 5.00. The molecule has 0 atom stereocenters. The molecule has 1 N–H and O–H groups in total. The molecule has 0 heterocycles. The van der Waals surface area contributed by atoms with E-state index in [1.165, 1.54) is 17.5 Å². The van der Waals surface area contributed by atoms with Crippen molar-refractivity contribution >= 4 is 17.6 Å². The van der Waals surface area contributed by atoms with Gasteiger partial charge in [0.25, 0.3) is 0 Å². The monoisotopic (exact) mass is 268 g/mol. The summed E-state index contributed by atoms with van der Waals surface area (Å²) in [5, 5.41) is 9.45. The predicted octanol–water partition coefficient (Wildman–Crippen LogP) is 3.24. The fraction of sp³-hybridized carbons (Fsp3) is 0.500. The number of hydrogen-bond acceptors (Lipinski definition) is 2. The summed E-state index contributed by atoms with van der Waals surface area (Å²) in [5.41, 5.74) is 3.34. The van der Waals surface area contributed by atoms with Crippen molar-refractivity contribution in [1.29, 1.82) is 0 Å². The molecule has 0 bridgehead atoms. The highest BCUT2D eigenvalue weighted by molar-refractivity contribution is 6.33. The Hall–Kier alpha value is -1.22. The summed E-state index contributed by atoms with van der Waals surface area (Å²) in [7, 11) is 1.58. The van der Waals surface area contributed by atoms with Gasteiger partial charge in [-0.3, -0.25) is 4.79 Å². The summed E-state index contributed by atoms with van der Waals surface area (Å²) in [6.07, 6.45) is 4.91. The molecule has 98 valence electrons. The Labute approximate surface area is 112 Å². The van der Waals surface area contributed by atoms with Crippen LogP contribution in [0.5, 0.6) is 5.75 Å². The topological polar surface area (TPSA) is 46.5 Å². The van der Waals surface area contributed by atoms with Crippen LogP contribution in [0.3, 0.4) is 0 Å². The maximum absolute atomic E-state index is 10.7. The van der Waals surface area contributed by atoms with E-state index in [2.05, 4.69) is 6.07 Å². The first-order valence-corrected chi connectivity index (χ1v) is 6.60. The van der Waals surface area contributed by atoms with Gasteiger partial charge in [0, 0.05) is 6.42 Å². The molecule has 0 radical (unpaired) electrons. The lowest BCUT2D eigenvalue weighted by atomic mass is 9.89. The molecule has 0 fully saturated rings. The van der Waals surface area contributed by atoms with Crippen LogP contribution in [0.2, 0.25) is 5.02 Å². The summed E-state index contributed by atoms with van der Waals surface area (Å²) in [6, 6.07) is 2.07. The van der Waals surface area contributed by atoms with E-state index >= 15 is 0 Å². The molecule has 1 aromatic carbocycles. The Morgan fingerprint density at radius 3 is 2.83 bits per heavy atom. The second-order valence-electron chi connectivity index (χ2n) is 4.62. The summed E-state index contributed by atoms with van der Waals surface area (Å²) in [6.45, 7) is 0. The molecule has 0 aromatic heterocycles. The molecule has 1 aromatic rings. The summed E-state index contributed by atoms with van der Waals surface area (Å²) in [5.74, 6) is -0.149. The fourth-order valence-electron chi connectivity index (χ4n) is 2.54. The maximum Gasteiger partial charge on any atom is 0.303 e. The van der Waals surface area contributed by atoms with Gasteiger partial charge in [-0.05, 0) is 48.8 Å². The van der Waals surface area contributed by atoms with Gasteiger partial charge in [0.1, 0.15) is 5.75 Å². The molecule has 1 aliphatic rings.